The SMILES string of the molecule is O=CNNC(=O)C1CCNC1. The number of carbonyl (C=O) groups is 2. The van der Waals surface area contributed by atoms with E-state index in [9.17, 15) is 9.59 Å². The highest BCUT2D eigenvalue weighted by Gasteiger charge is 2.21. The predicted octanol–water partition coefficient (Wildman–Crippen LogP) is -1.63. The summed E-state index contributed by atoms with van der Waals surface area (Å²) in [6.45, 7) is 1.57. The lowest BCUT2D eigenvalue weighted by Gasteiger charge is -2.06. The third-order valence-electron chi connectivity index (χ3n) is 1.69. The molecule has 0 aromatic rings. The van der Waals surface area contributed by atoms with E-state index in [-0.39, 0.29) is 11.8 Å². The molecule has 1 aliphatic heterocycles. The van der Waals surface area contributed by atoms with Gasteiger partial charge < -0.3 is 5.32 Å². The second-order valence-electron chi connectivity index (χ2n) is 2.44. The van der Waals surface area contributed by atoms with Gasteiger partial charge in [-0.15, -0.1) is 0 Å². The molecule has 1 aliphatic rings. The van der Waals surface area contributed by atoms with Crippen molar-refractivity contribution in [2.45, 2.75) is 6.42 Å². The second kappa shape index (κ2) is 3.92. The largest absolute Gasteiger partial charge is 0.316 e. The minimum Gasteiger partial charge on any atom is -0.316 e. The van der Waals surface area contributed by atoms with Crippen LogP contribution in [0.5, 0.6) is 0 Å². The van der Waals surface area contributed by atoms with Crippen molar-refractivity contribution in [2.24, 2.45) is 5.92 Å². The Hall–Kier alpha value is -1.10. The Morgan fingerprint density at radius 3 is 3.00 bits per heavy atom. The maximum Gasteiger partial charge on any atom is 0.242 e. The third kappa shape index (κ3) is 2.19. The van der Waals surface area contributed by atoms with E-state index in [1.807, 2.05) is 0 Å². The van der Waals surface area contributed by atoms with Crippen molar-refractivity contribution >= 4 is 12.3 Å². The highest BCUT2D eigenvalue weighted by atomic mass is 16.2. The summed E-state index contributed by atoms with van der Waals surface area (Å²) in [7, 11) is 0. The fraction of sp³-hybridized carbons (Fsp3) is 0.667. The van der Waals surface area contributed by atoms with Gasteiger partial charge in [0.15, 0.2) is 0 Å². The van der Waals surface area contributed by atoms with Gasteiger partial charge in [-0.3, -0.25) is 20.4 Å². The van der Waals surface area contributed by atoms with Crippen LogP contribution in [0.2, 0.25) is 0 Å². The highest BCUT2D eigenvalue weighted by Crippen LogP contribution is 2.05. The van der Waals surface area contributed by atoms with E-state index in [0.29, 0.717) is 13.0 Å². The molecule has 5 nitrogen and oxygen atoms in total. The second-order valence-corrected chi connectivity index (χ2v) is 2.44. The zero-order valence-electron chi connectivity index (χ0n) is 6.09. The maximum absolute atomic E-state index is 11.0. The summed E-state index contributed by atoms with van der Waals surface area (Å²) in [6, 6.07) is 0. The van der Waals surface area contributed by atoms with E-state index < -0.39 is 0 Å². The molecule has 0 bridgehead atoms. The van der Waals surface area contributed by atoms with Crippen molar-refractivity contribution < 1.29 is 9.59 Å². The van der Waals surface area contributed by atoms with Crippen LogP contribution in [0.1, 0.15) is 6.42 Å². The van der Waals surface area contributed by atoms with Crippen LogP contribution in [-0.4, -0.2) is 25.4 Å². The molecule has 11 heavy (non-hydrogen) atoms. The average Bonchev–Trinajstić information content (AvgIpc) is 2.52. The Morgan fingerprint density at radius 1 is 1.64 bits per heavy atom. The van der Waals surface area contributed by atoms with E-state index in [1.54, 1.807) is 0 Å². The van der Waals surface area contributed by atoms with Gasteiger partial charge in [0, 0.05) is 6.54 Å². The van der Waals surface area contributed by atoms with Crippen LogP contribution in [0.15, 0.2) is 0 Å². The lowest BCUT2D eigenvalue weighted by Crippen LogP contribution is -2.40. The summed E-state index contributed by atoms with van der Waals surface area (Å²) in [4.78, 5) is 20.8. The topological polar surface area (TPSA) is 70.2 Å². The van der Waals surface area contributed by atoms with E-state index in [0.717, 1.165) is 13.0 Å². The first-order chi connectivity index (χ1) is 5.34. The summed E-state index contributed by atoms with van der Waals surface area (Å²) >= 11 is 0. The molecule has 0 aromatic carbocycles. The standard InChI is InChI=1S/C6H11N3O2/c10-4-8-9-6(11)5-1-2-7-3-5/h4-5,7H,1-3H2,(H,8,10)(H,9,11). The molecular formula is C6H11N3O2. The Morgan fingerprint density at radius 2 is 2.45 bits per heavy atom. The molecule has 0 aromatic heterocycles. The molecule has 5 heteroatoms. The van der Waals surface area contributed by atoms with Gasteiger partial charge in [-0.1, -0.05) is 0 Å². The van der Waals surface area contributed by atoms with Gasteiger partial charge >= 0.3 is 0 Å². The molecule has 1 unspecified atom stereocenters. The number of carbonyl (C=O) groups excluding carboxylic acids is 2. The van der Waals surface area contributed by atoms with Crippen LogP contribution in [0.25, 0.3) is 0 Å². The van der Waals surface area contributed by atoms with Crippen LogP contribution in [0, 0.1) is 5.92 Å². The lowest BCUT2D eigenvalue weighted by atomic mass is 10.1. The van der Waals surface area contributed by atoms with Crippen LogP contribution in [-0.2, 0) is 9.59 Å². The smallest absolute Gasteiger partial charge is 0.242 e. The van der Waals surface area contributed by atoms with Gasteiger partial charge in [0.1, 0.15) is 0 Å². The number of hydrogen-bond acceptors (Lipinski definition) is 3. The molecule has 0 saturated carbocycles. The Labute approximate surface area is 64.5 Å². The van der Waals surface area contributed by atoms with Crippen molar-refractivity contribution in [1.82, 2.24) is 16.2 Å². The van der Waals surface area contributed by atoms with Gasteiger partial charge in [-0.05, 0) is 13.0 Å². The highest BCUT2D eigenvalue weighted by molar-refractivity contribution is 5.79. The third-order valence-corrected chi connectivity index (χ3v) is 1.69. The molecule has 0 aliphatic carbocycles. The summed E-state index contributed by atoms with van der Waals surface area (Å²) in [5.74, 6) is -0.121. The normalized spacial score (nSPS) is 22.7. The number of nitrogens with one attached hydrogen (secondary N) is 3. The number of rotatable bonds is 3. The molecule has 1 heterocycles. The monoisotopic (exact) mass is 157 g/mol. The molecule has 1 rings (SSSR count). The molecular weight excluding hydrogens is 146 g/mol. The first-order valence-electron chi connectivity index (χ1n) is 3.54. The fourth-order valence-corrected chi connectivity index (χ4v) is 1.08. The number of hydrazine groups is 1. The predicted molar refractivity (Wildman–Crippen MR) is 38.3 cm³/mol. The van der Waals surface area contributed by atoms with Crippen LogP contribution < -0.4 is 16.2 Å². The fourth-order valence-electron chi connectivity index (χ4n) is 1.08. The van der Waals surface area contributed by atoms with E-state index in [2.05, 4.69) is 16.2 Å². The van der Waals surface area contributed by atoms with E-state index in [1.165, 1.54) is 0 Å². The van der Waals surface area contributed by atoms with Crippen molar-refractivity contribution in [3.63, 3.8) is 0 Å². The summed E-state index contributed by atoms with van der Waals surface area (Å²) < 4.78 is 0. The van der Waals surface area contributed by atoms with Gasteiger partial charge in [-0.2, -0.15) is 0 Å². The number of amides is 2. The Kier molecular flexibility index (Phi) is 2.85. The van der Waals surface area contributed by atoms with Crippen molar-refractivity contribution in [2.75, 3.05) is 13.1 Å². The van der Waals surface area contributed by atoms with Crippen LogP contribution in [0.4, 0.5) is 0 Å². The van der Waals surface area contributed by atoms with Gasteiger partial charge in [0.2, 0.25) is 12.3 Å². The first kappa shape index (κ1) is 8.00. The zero-order chi connectivity index (χ0) is 8.10. The molecule has 1 atom stereocenters. The van der Waals surface area contributed by atoms with Gasteiger partial charge in [0.05, 0.1) is 5.92 Å². The molecule has 0 radical (unpaired) electrons. The quantitative estimate of drug-likeness (QED) is 0.340. The molecule has 2 amide bonds. The van der Waals surface area contributed by atoms with Crippen LogP contribution in [0.3, 0.4) is 0 Å². The lowest BCUT2D eigenvalue weighted by molar-refractivity contribution is -0.127. The minimum atomic E-state index is -0.123. The van der Waals surface area contributed by atoms with Gasteiger partial charge in [-0.25, -0.2) is 0 Å². The van der Waals surface area contributed by atoms with Crippen LogP contribution >= 0.6 is 0 Å². The molecule has 1 saturated heterocycles. The Bertz CT molecular complexity index is 154. The summed E-state index contributed by atoms with van der Waals surface area (Å²) in [5.41, 5.74) is 4.39. The van der Waals surface area contributed by atoms with Crippen molar-refractivity contribution in [3.8, 4) is 0 Å². The molecule has 62 valence electrons. The van der Waals surface area contributed by atoms with Crippen molar-refractivity contribution in [1.29, 1.82) is 0 Å². The molecule has 3 N–H and O–H groups in total. The summed E-state index contributed by atoms with van der Waals surface area (Å²) in [6.07, 6.45) is 1.28. The van der Waals surface area contributed by atoms with Gasteiger partial charge in [0.25, 0.3) is 0 Å². The van der Waals surface area contributed by atoms with E-state index in [4.69, 9.17) is 0 Å². The van der Waals surface area contributed by atoms with E-state index >= 15 is 0 Å². The molecule has 1 fully saturated rings. The molecule has 0 spiro atoms. The zero-order valence-corrected chi connectivity index (χ0v) is 6.09. The average molecular weight is 157 g/mol. The first-order valence-corrected chi connectivity index (χ1v) is 3.54. The summed E-state index contributed by atoms with van der Waals surface area (Å²) in [5, 5.41) is 3.05. The number of hydrogen-bond donors (Lipinski definition) is 3. The maximum atomic E-state index is 11.0. The Balaban J connectivity index is 2.22. The minimum absolute atomic E-state index is 0.00227. The van der Waals surface area contributed by atoms with Crippen molar-refractivity contribution in [3.05, 3.63) is 0 Å².